The van der Waals surface area contributed by atoms with Gasteiger partial charge in [0.05, 0.1) is 0 Å². The average molecular weight is 240 g/mol. The Morgan fingerprint density at radius 1 is 1.56 bits per heavy atom. The molecule has 4 nitrogen and oxygen atoms in total. The first kappa shape index (κ1) is 11.8. The summed E-state index contributed by atoms with van der Waals surface area (Å²) in [5.74, 6) is 0.770. The molecule has 16 heavy (non-hydrogen) atoms. The van der Waals surface area contributed by atoms with Gasteiger partial charge in [-0.15, -0.1) is 10.2 Å². The van der Waals surface area contributed by atoms with E-state index in [-0.39, 0.29) is 0 Å². The first-order valence-corrected chi connectivity index (χ1v) is 6.92. The molecule has 90 valence electrons. The Morgan fingerprint density at radius 3 is 2.88 bits per heavy atom. The largest absolute Gasteiger partial charge is 0.357 e. The van der Waals surface area contributed by atoms with Crippen LogP contribution in [0, 0.1) is 5.92 Å². The third-order valence-corrected chi connectivity index (χ3v) is 4.12. The van der Waals surface area contributed by atoms with Gasteiger partial charge in [0.25, 0.3) is 0 Å². The van der Waals surface area contributed by atoms with Gasteiger partial charge in [-0.05, 0) is 45.3 Å². The summed E-state index contributed by atoms with van der Waals surface area (Å²) in [5.41, 5.74) is 1.77. The summed E-state index contributed by atoms with van der Waals surface area (Å²) >= 11 is 1.58. The van der Waals surface area contributed by atoms with E-state index in [1.165, 1.54) is 32.5 Å². The highest BCUT2D eigenvalue weighted by atomic mass is 32.1. The molecular formula is C11H20N4S. The van der Waals surface area contributed by atoms with Gasteiger partial charge in [0.15, 0.2) is 0 Å². The van der Waals surface area contributed by atoms with Gasteiger partial charge in [-0.2, -0.15) is 0 Å². The molecule has 2 heterocycles. The first-order valence-electron chi connectivity index (χ1n) is 6.04. The van der Waals surface area contributed by atoms with E-state index in [0.29, 0.717) is 6.04 Å². The van der Waals surface area contributed by atoms with Crippen molar-refractivity contribution in [2.75, 3.05) is 25.0 Å². The molecule has 1 fully saturated rings. The summed E-state index contributed by atoms with van der Waals surface area (Å²) in [6, 6.07) is 0.506. The van der Waals surface area contributed by atoms with Gasteiger partial charge in [0.1, 0.15) is 5.51 Å². The zero-order valence-corrected chi connectivity index (χ0v) is 10.8. The minimum atomic E-state index is 0.506. The summed E-state index contributed by atoms with van der Waals surface area (Å²) in [4.78, 5) is 2.52. The van der Waals surface area contributed by atoms with Crippen molar-refractivity contribution in [1.29, 1.82) is 0 Å². The summed E-state index contributed by atoms with van der Waals surface area (Å²) in [6.07, 6.45) is 2.58. The van der Waals surface area contributed by atoms with Crippen LogP contribution in [-0.4, -0.2) is 40.8 Å². The van der Waals surface area contributed by atoms with E-state index in [1.54, 1.807) is 16.8 Å². The van der Waals surface area contributed by atoms with Crippen molar-refractivity contribution < 1.29 is 0 Å². The summed E-state index contributed by atoms with van der Waals surface area (Å²) < 4.78 is 0. The van der Waals surface area contributed by atoms with Crippen molar-refractivity contribution in [3.63, 3.8) is 0 Å². The highest BCUT2D eigenvalue weighted by Gasteiger charge is 2.23. The molecule has 0 saturated carbocycles. The Kier molecular flexibility index (Phi) is 4.12. The molecule has 1 aromatic heterocycles. The van der Waals surface area contributed by atoms with E-state index in [9.17, 15) is 0 Å². The zero-order valence-electron chi connectivity index (χ0n) is 10.0. The Bertz CT molecular complexity index is 293. The molecule has 0 spiro atoms. The highest BCUT2D eigenvalue weighted by molar-refractivity contribution is 7.13. The van der Waals surface area contributed by atoms with Gasteiger partial charge in [0.2, 0.25) is 5.13 Å². The van der Waals surface area contributed by atoms with Gasteiger partial charge in [-0.25, -0.2) is 0 Å². The van der Waals surface area contributed by atoms with Crippen LogP contribution in [0.25, 0.3) is 0 Å². The third-order valence-electron chi connectivity index (χ3n) is 3.50. The van der Waals surface area contributed by atoms with E-state index in [1.807, 2.05) is 0 Å². The lowest BCUT2D eigenvalue weighted by molar-refractivity contribution is 0.183. The minimum Gasteiger partial charge on any atom is -0.357 e. The second kappa shape index (κ2) is 5.59. The number of anilines is 1. The topological polar surface area (TPSA) is 41.0 Å². The standard InChI is InChI=1S/C11H20N4S/c1-3-15-6-4-10(5-7-15)9(2)13-11-14-12-8-16-11/h8-10H,3-7H2,1-2H3,(H,13,14). The molecule has 2 rings (SSSR count). The number of piperidine rings is 1. The summed E-state index contributed by atoms with van der Waals surface area (Å²) in [7, 11) is 0. The lowest BCUT2D eigenvalue weighted by atomic mass is 9.90. The van der Waals surface area contributed by atoms with Crippen molar-refractivity contribution in [3.8, 4) is 0 Å². The molecule has 0 amide bonds. The predicted molar refractivity (Wildman–Crippen MR) is 67.8 cm³/mol. The second-order valence-electron chi connectivity index (χ2n) is 4.45. The Morgan fingerprint density at radius 2 is 2.31 bits per heavy atom. The van der Waals surface area contributed by atoms with E-state index in [2.05, 4.69) is 34.3 Å². The lowest BCUT2D eigenvalue weighted by Crippen LogP contribution is -2.39. The smallest absolute Gasteiger partial charge is 0.205 e. The molecule has 1 N–H and O–H groups in total. The molecule has 0 aromatic carbocycles. The van der Waals surface area contributed by atoms with Gasteiger partial charge in [0, 0.05) is 6.04 Å². The molecule has 0 bridgehead atoms. The molecule has 1 saturated heterocycles. The van der Waals surface area contributed by atoms with Gasteiger partial charge in [-0.1, -0.05) is 18.3 Å². The molecular weight excluding hydrogens is 220 g/mol. The average Bonchev–Trinajstić information content (AvgIpc) is 2.82. The molecule has 1 aliphatic rings. The fourth-order valence-corrected chi connectivity index (χ4v) is 2.86. The third kappa shape index (κ3) is 2.92. The number of hydrogen-bond donors (Lipinski definition) is 1. The van der Waals surface area contributed by atoms with Crippen LogP contribution in [0.3, 0.4) is 0 Å². The van der Waals surface area contributed by atoms with Crippen LogP contribution in [0.4, 0.5) is 5.13 Å². The molecule has 1 atom stereocenters. The van der Waals surface area contributed by atoms with Gasteiger partial charge >= 0.3 is 0 Å². The maximum Gasteiger partial charge on any atom is 0.205 e. The molecule has 1 aromatic rings. The number of likely N-dealkylation sites (tertiary alicyclic amines) is 1. The van der Waals surface area contributed by atoms with Gasteiger partial charge in [-0.3, -0.25) is 0 Å². The Labute approximate surface area is 101 Å². The van der Waals surface area contributed by atoms with Gasteiger partial charge < -0.3 is 10.2 Å². The van der Waals surface area contributed by atoms with Crippen molar-refractivity contribution in [3.05, 3.63) is 5.51 Å². The number of rotatable bonds is 4. The zero-order chi connectivity index (χ0) is 11.4. The first-order chi connectivity index (χ1) is 7.79. The normalized spacial score (nSPS) is 20.9. The number of nitrogens with one attached hydrogen (secondary N) is 1. The Balaban J connectivity index is 1.80. The van der Waals surface area contributed by atoms with E-state index in [0.717, 1.165) is 11.0 Å². The summed E-state index contributed by atoms with van der Waals surface area (Å²) in [6.45, 7) is 8.16. The lowest BCUT2D eigenvalue weighted by Gasteiger charge is -2.34. The SMILES string of the molecule is CCN1CCC(C(C)Nc2nncs2)CC1. The molecule has 0 aliphatic carbocycles. The quantitative estimate of drug-likeness (QED) is 0.875. The Hall–Kier alpha value is -0.680. The fraction of sp³-hybridized carbons (Fsp3) is 0.818. The van der Waals surface area contributed by atoms with E-state index < -0.39 is 0 Å². The van der Waals surface area contributed by atoms with E-state index in [4.69, 9.17) is 0 Å². The molecule has 1 unspecified atom stereocenters. The van der Waals surface area contributed by atoms with Crippen molar-refractivity contribution in [2.45, 2.75) is 32.7 Å². The molecule has 1 aliphatic heterocycles. The second-order valence-corrected chi connectivity index (χ2v) is 5.28. The van der Waals surface area contributed by atoms with Crippen LogP contribution in [-0.2, 0) is 0 Å². The minimum absolute atomic E-state index is 0.506. The number of aromatic nitrogens is 2. The fourth-order valence-electron chi connectivity index (χ4n) is 2.32. The maximum atomic E-state index is 4.03. The highest BCUT2D eigenvalue weighted by Crippen LogP contribution is 2.23. The van der Waals surface area contributed by atoms with Crippen molar-refractivity contribution in [2.24, 2.45) is 5.92 Å². The molecule has 0 radical (unpaired) electrons. The summed E-state index contributed by atoms with van der Waals surface area (Å²) in [5, 5.41) is 12.3. The number of hydrogen-bond acceptors (Lipinski definition) is 5. The van der Waals surface area contributed by atoms with E-state index >= 15 is 0 Å². The van der Waals surface area contributed by atoms with Crippen LogP contribution < -0.4 is 5.32 Å². The van der Waals surface area contributed by atoms with Crippen molar-refractivity contribution in [1.82, 2.24) is 15.1 Å². The van der Waals surface area contributed by atoms with Crippen molar-refractivity contribution >= 4 is 16.5 Å². The van der Waals surface area contributed by atoms with Crippen LogP contribution in [0.2, 0.25) is 0 Å². The predicted octanol–water partition coefficient (Wildman–Crippen LogP) is 2.07. The van der Waals surface area contributed by atoms with Crippen LogP contribution in [0.5, 0.6) is 0 Å². The monoisotopic (exact) mass is 240 g/mol. The molecule has 5 heteroatoms. The number of nitrogens with zero attached hydrogens (tertiary/aromatic N) is 3. The van der Waals surface area contributed by atoms with Crippen LogP contribution in [0.15, 0.2) is 5.51 Å². The van der Waals surface area contributed by atoms with Crippen LogP contribution >= 0.6 is 11.3 Å². The van der Waals surface area contributed by atoms with Crippen LogP contribution in [0.1, 0.15) is 26.7 Å². The maximum absolute atomic E-state index is 4.03.